The zero-order chi connectivity index (χ0) is 14.9. The summed E-state index contributed by atoms with van der Waals surface area (Å²) in [4.78, 5) is -0.00626. The summed E-state index contributed by atoms with van der Waals surface area (Å²) in [6.45, 7) is 0. The van der Waals surface area contributed by atoms with E-state index in [9.17, 15) is 12.8 Å². The van der Waals surface area contributed by atoms with Crippen LogP contribution in [-0.4, -0.2) is 14.7 Å². The zero-order valence-corrected chi connectivity index (χ0v) is 12.8. The fourth-order valence-electron chi connectivity index (χ4n) is 1.61. The minimum atomic E-state index is -3.44. The standard InChI is InChI=1S/C13H11BrFNO3S/c1-20(17,18)12-4-2-3-11(13(12)16)19-10-6-5-8(15)7-9(10)14/h2-7H,16H2,1H3. The summed E-state index contributed by atoms with van der Waals surface area (Å²) in [5, 5.41) is 0. The Hall–Kier alpha value is -1.60. The molecule has 0 amide bonds. The fourth-order valence-corrected chi connectivity index (χ4v) is 2.87. The SMILES string of the molecule is CS(=O)(=O)c1cccc(Oc2ccc(F)cc2Br)c1N. The summed E-state index contributed by atoms with van der Waals surface area (Å²) < 4.78 is 42.1. The van der Waals surface area contributed by atoms with E-state index in [1.165, 1.54) is 30.3 Å². The first kappa shape index (κ1) is 14.8. The normalized spacial score (nSPS) is 11.3. The van der Waals surface area contributed by atoms with Gasteiger partial charge in [0, 0.05) is 6.26 Å². The first-order valence-electron chi connectivity index (χ1n) is 5.50. The summed E-state index contributed by atoms with van der Waals surface area (Å²) in [6, 6.07) is 8.37. The van der Waals surface area contributed by atoms with E-state index in [0.717, 1.165) is 6.26 Å². The van der Waals surface area contributed by atoms with E-state index in [4.69, 9.17) is 10.5 Å². The number of rotatable bonds is 3. The van der Waals surface area contributed by atoms with Crippen LogP contribution in [0.15, 0.2) is 45.8 Å². The quantitative estimate of drug-likeness (QED) is 0.853. The molecule has 0 aromatic heterocycles. The lowest BCUT2D eigenvalue weighted by atomic mass is 10.3. The van der Waals surface area contributed by atoms with Gasteiger partial charge in [-0.05, 0) is 46.3 Å². The van der Waals surface area contributed by atoms with Crippen molar-refractivity contribution in [2.75, 3.05) is 12.0 Å². The third kappa shape index (κ3) is 3.10. The van der Waals surface area contributed by atoms with E-state index >= 15 is 0 Å². The molecular weight excluding hydrogens is 349 g/mol. The molecule has 4 nitrogen and oxygen atoms in total. The lowest BCUT2D eigenvalue weighted by Gasteiger charge is -2.12. The lowest BCUT2D eigenvalue weighted by molar-refractivity contribution is 0.478. The summed E-state index contributed by atoms with van der Waals surface area (Å²) in [6.07, 6.45) is 1.07. The Morgan fingerprint density at radius 2 is 1.90 bits per heavy atom. The van der Waals surface area contributed by atoms with Gasteiger partial charge in [0.1, 0.15) is 11.6 Å². The summed E-state index contributed by atoms with van der Waals surface area (Å²) in [5.41, 5.74) is 5.82. The van der Waals surface area contributed by atoms with Gasteiger partial charge >= 0.3 is 0 Å². The summed E-state index contributed by atoms with van der Waals surface area (Å²) >= 11 is 3.16. The number of nitrogen functional groups attached to an aromatic ring is 1. The van der Waals surface area contributed by atoms with Crippen LogP contribution in [0.25, 0.3) is 0 Å². The van der Waals surface area contributed by atoms with Crippen molar-refractivity contribution in [1.82, 2.24) is 0 Å². The van der Waals surface area contributed by atoms with Crippen LogP contribution in [0.5, 0.6) is 11.5 Å². The van der Waals surface area contributed by atoms with Gasteiger partial charge in [0.2, 0.25) is 0 Å². The molecule has 0 unspecified atom stereocenters. The van der Waals surface area contributed by atoms with Crippen molar-refractivity contribution in [3.05, 3.63) is 46.7 Å². The number of halogens is 2. The average Bonchev–Trinajstić information content (AvgIpc) is 2.33. The van der Waals surface area contributed by atoms with E-state index in [0.29, 0.717) is 10.2 Å². The van der Waals surface area contributed by atoms with Crippen molar-refractivity contribution in [1.29, 1.82) is 0 Å². The van der Waals surface area contributed by atoms with Crippen molar-refractivity contribution in [3.8, 4) is 11.5 Å². The van der Waals surface area contributed by atoms with Crippen molar-refractivity contribution in [3.63, 3.8) is 0 Å². The van der Waals surface area contributed by atoms with Crippen molar-refractivity contribution in [2.24, 2.45) is 0 Å². The van der Waals surface area contributed by atoms with Gasteiger partial charge in [0.15, 0.2) is 15.6 Å². The first-order valence-corrected chi connectivity index (χ1v) is 8.19. The van der Waals surface area contributed by atoms with Crippen molar-refractivity contribution in [2.45, 2.75) is 4.90 Å². The maximum absolute atomic E-state index is 13.0. The number of benzene rings is 2. The number of hydrogen-bond donors (Lipinski definition) is 1. The molecule has 0 heterocycles. The molecule has 0 bridgehead atoms. The minimum absolute atomic E-state index is 0.00626. The number of hydrogen-bond acceptors (Lipinski definition) is 4. The molecule has 20 heavy (non-hydrogen) atoms. The van der Waals surface area contributed by atoms with Gasteiger partial charge in [0.25, 0.3) is 0 Å². The van der Waals surface area contributed by atoms with Crippen molar-refractivity contribution < 1.29 is 17.5 Å². The maximum Gasteiger partial charge on any atom is 0.177 e. The van der Waals surface area contributed by atoms with Gasteiger partial charge in [-0.1, -0.05) is 6.07 Å². The van der Waals surface area contributed by atoms with Gasteiger partial charge in [-0.2, -0.15) is 0 Å². The maximum atomic E-state index is 13.0. The predicted octanol–water partition coefficient (Wildman–Crippen LogP) is 3.37. The first-order chi connectivity index (χ1) is 9.29. The van der Waals surface area contributed by atoms with Gasteiger partial charge < -0.3 is 10.5 Å². The highest BCUT2D eigenvalue weighted by Crippen LogP contribution is 2.35. The Balaban J connectivity index is 2.45. The van der Waals surface area contributed by atoms with Crippen LogP contribution in [0, 0.1) is 5.82 Å². The molecule has 0 aliphatic rings. The van der Waals surface area contributed by atoms with Gasteiger partial charge in [0.05, 0.1) is 15.1 Å². The van der Waals surface area contributed by atoms with Gasteiger partial charge in [-0.3, -0.25) is 0 Å². The molecule has 0 radical (unpaired) electrons. The minimum Gasteiger partial charge on any atom is -0.454 e. The molecule has 2 aromatic rings. The smallest absolute Gasteiger partial charge is 0.177 e. The van der Waals surface area contributed by atoms with Crippen LogP contribution in [0.3, 0.4) is 0 Å². The predicted molar refractivity (Wildman–Crippen MR) is 78.1 cm³/mol. The number of nitrogens with two attached hydrogens (primary N) is 1. The molecule has 0 atom stereocenters. The van der Waals surface area contributed by atoms with Crippen LogP contribution in [0.2, 0.25) is 0 Å². The van der Waals surface area contributed by atoms with E-state index in [-0.39, 0.29) is 16.3 Å². The molecule has 106 valence electrons. The molecule has 7 heteroatoms. The van der Waals surface area contributed by atoms with Crippen molar-refractivity contribution >= 4 is 31.5 Å². The summed E-state index contributed by atoms with van der Waals surface area (Å²) in [5.74, 6) is 0.117. The van der Waals surface area contributed by atoms with E-state index < -0.39 is 15.7 Å². The highest BCUT2D eigenvalue weighted by atomic mass is 79.9. The molecule has 0 spiro atoms. The molecule has 2 N–H and O–H groups in total. The van der Waals surface area contributed by atoms with Gasteiger partial charge in [-0.25, -0.2) is 12.8 Å². The molecule has 2 rings (SSSR count). The van der Waals surface area contributed by atoms with E-state index in [2.05, 4.69) is 15.9 Å². The fraction of sp³-hybridized carbons (Fsp3) is 0.0769. The Kier molecular flexibility index (Phi) is 4.01. The highest BCUT2D eigenvalue weighted by Gasteiger charge is 2.16. The Morgan fingerprint density at radius 3 is 2.50 bits per heavy atom. The summed E-state index contributed by atoms with van der Waals surface area (Å²) in [7, 11) is -3.44. The Labute approximate surface area is 124 Å². The second-order valence-electron chi connectivity index (χ2n) is 4.12. The number of sulfone groups is 1. The topological polar surface area (TPSA) is 69.4 Å². The monoisotopic (exact) mass is 359 g/mol. The van der Waals surface area contributed by atoms with Crippen LogP contribution >= 0.6 is 15.9 Å². The van der Waals surface area contributed by atoms with E-state index in [1.54, 1.807) is 6.07 Å². The number of ether oxygens (including phenoxy) is 1. The third-order valence-corrected chi connectivity index (χ3v) is 4.31. The van der Waals surface area contributed by atoms with Crippen LogP contribution < -0.4 is 10.5 Å². The largest absolute Gasteiger partial charge is 0.454 e. The number of anilines is 1. The molecule has 0 fully saturated rings. The molecule has 2 aromatic carbocycles. The highest BCUT2D eigenvalue weighted by molar-refractivity contribution is 9.10. The third-order valence-electron chi connectivity index (χ3n) is 2.54. The number of para-hydroxylation sites is 1. The molecular formula is C13H11BrFNO3S. The molecule has 0 saturated heterocycles. The second kappa shape index (κ2) is 5.41. The van der Waals surface area contributed by atoms with E-state index in [1.807, 2.05) is 0 Å². The molecule has 0 aliphatic heterocycles. The Morgan fingerprint density at radius 1 is 1.20 bits per heavy atom. The van der Waals surface area contributed by atoms with Crippen LogP contribution in [0.1, 0.15) is 0 Å². The van der Waals surface area contributed by atoms with Gasteiger partial charge in [-0.15, -0.1) is 0 Å². The lowest BCUT2D eigenvalue weighted by Crippen LogP contribution is -2.03. The average molecular weight is 360 g/mol. The molecule has 0 saturated carbocycles. The zero-order valence-electron chi connectivity index (χ0n) is 10.4. The van der Waals surface area contributed by atoms with Crippen LogP contribution in [0.4, 0.5) is 10.1 Å². The Bertz CT molecular complexity index is 762. The van der Waals surface area contributed by atoms with Crippen LogP contribution in [-0.2, 0) is 9.84 Å². The second-order valence-corrected chi connectivity index (χ2v) is 6.96. The molecule has 0 aliphatic carbocycles.